The van der Waals surface area contributed by atoms with Crippen LogP contribution in [0.1, 0.15) is 38.2 Å². The van der Waals surface area contributed by atoms with Gasteiger partial charge in [0, 0.05) is 22.9 Å². The quantitative estimate of drug-likeness (QED) is 0.915. The van der Waals surface area contributed by atoms with E-state index in [2.05, 4.69) is 46.3 Å². The summed E-state index contributed by atoms with van der Waals surface area (Å²) in [4.78, 5) is 4.26. The van der Waals surface area contributed by atoms with Gasteiger partial charge in [-0.2, -0.15) is 0 Å². The Balaban J connectivity index is 2.00. The molecule has 1 aromatic rings. The van der Waals surface area contributed by atoms with E-state index in [1.54, 1.807) is 0 Å². The van der Waals surface area contributed by atoms with Crippen LogP contribution in [0.25, 0.3) is 0 Å². The number of aromatic nitrogens is 1. The molecule has 3 atom stereocenters. The maximum absolute atomic E-state index is 4.26. The summed E-state index contributed by atoms with van der Waals surface area (Å²) in [5.74, 6) is 1.71. The normalized spacial score (nSPS) is 25.9. The predicted octanol–water partition coefficient (Wildman–Crippen LogP) is 3.80. The average Bonchev–Trinajstić information content (AvgIpc) is 2.36. The van der Waals surface area contributed by atoms with Gasteiger partial charge in [-0.15, -0.1) is 0 Å². The van der Waals surface area contributed by atoms with Crippen LogP contribution in [0.15, 0.2) is 22.9 Å². The molecule has 1 heterocycles. The van der Waals surface area contributed by atoms with Crippen molar-refractivity contribution in [3.8, 4) is 0 Å². The van der Waals surface area contributed by atoms with Gasteiger partial charge in [0.1, 0.15) is 0 Å². The van der Waals surface area contributed by atoms with Gasteiger partial charge < -0.3 is 5.32 Å². The zero-order valence-electron chi connectivity index (χ0n) is 11.3. The Bertz CT molecular complexity index is 381. The molecule has 100 valence electrons. The molecule has 0 bridgehead atoms. The van der Waals surface area contributed by atoms with Crippen LogP contribution in [0.3, 0.4) is 0 Å². The Morgan fingerprint density at radius 3 is 2.94 bits per heavy atom. The van der Waals surface area contributed by atoms with Crippen molar-refractivity contribution in [2.75, 3.05) is 7.05 Å². The molecular weight excluding hydrogens is 288 g/mol. The number of likely N-dealkylation sites (N-methyl/N-ethyl adjacent to an activating group) is 1. The molecule has 1 fully saturated rings. The third-order valence-corrected chi connectivity index (χ3v) is 4.57. The summed E-state index contributed by atoms with van der Waals surface area (Å²) in [5.41, 5.74) is 1.32. The molecule has 2 rings (SSSR count). The van der Waals surface area contributed by atoms with Crippen LogP contribution in [0, 0.1) is 11.8 Å². The first-order valence-electron chi connectivity index (χ1n) is 6.95. The minimum atomic E-state index is 0.587. The Morgan fingerprint density at radius 2 is 2.28 bits per heavy atom. The standard InChI is InChI=1S/C15H23BrN2/c1-11-4-3-5-13(6-11)15(17-2)8-12-7-14(16)10-18-9-12/h7,9-11,13,15,17H,3-6,8H2,1-2H3. The average molecular weight is 311 g/mol. The monoisotopic (exact) mass is 310 g/mol. The largest absolute Gasteiger partial charge is 0.316 e. The Morgan fingerprint density at radius 1 is 1.44 bits per heavy atom. The van der Waals surface area contributed by atoms with E-state index < -0.39 is 0 Å². The number of hydrogen-bond acceptors (Lipinski definition) is 2. The zero-order chi connectivity index (χ0) is 13.0. The summed E-state index contributed by atoms with van der Waals surface area (Å²) in [6.45, 7) is 2.39. The van der Waals surface area contributed by atoms with Crippen LogP contribution in [-0.4, -0.2) is 18.1 Å². The van der Waals surface area contributed by atoms with Crippen molar-refractivity contribution in [1.82, 2.24) is 10.3 Å². The highest BCUT2D eigenvalue weighted by atomic mass is 79.9. The van der Waals surface area contributed by atoms with Crippen molar-refractivity contribution < 1.29 is 0 Å². The van der Waals surface area contributed by atoms with Gasteiger partial charge in [0.25, 0.3) is 0 Å². The smallest absolute Gasteiger partial charge is 0.0410 e. The van der Waals surface area contributed by atoms with Crippen LogP contribution in [0.4, 0.5) is 0 Å². The van der Waals surface area contributed by atoms with Crippen LogP contribution >= 0.6 is 15.9 Å². The lowest BCUT2D eigenvalue weighted by Crippen LogP contribution is -2.38. The first-order chi connectivity index (χ1) is 8.69. The lowest BCUT2D eigenvalue weighted by molar-refractivity contribution is 0.227. The molecule has 1 aliphatic carbocycles. The minimum Gasteiger partial charge on any atom is -0.316 e. The SMILES string of the molecule is CNC(Cc1cncc(Br)c1)C1CCCC(C)C1. The minimum absolute atomic E-state index is 0.587. The maximum Gasteiger partial charge on any atom is 0.0410 e. The number of pyridine rings is 1. The highest BCUT2D eigenvalue weighted by Gasteiger charge is 2.25. The van der Waals surface area contributed by atoms with Crippen molar-refractivity contribution in [2.45, 2.75) is 45.1 Å². The van der Waals surface area contributed by atoms with Crippen molar-refractivity contribution >= 4 is 15.9 Å². The molecule has 0 radical (unpaired) electrons. The van der Waals surface area contributed by atoms with Crippen molar-refractivity contribution in [3.63, 3.8) is 0 Å². The fourth-order valence-corrected chi connectivity index (χ4v) is 3.58. The van der Waals surface area contributed by atoms with E-state index in [0.717, 1.165) is 22.7 Å². The Hall–Kier alpha value is -0.410. The van der Waals surface area contributed by atoms with Gasteiger partial charge in [-0.3, -0.25) is 4.98 Å². The van der Waals surface area contributed by atoms with E-state index in [9.17, 15) is 0 Å². The summed E-state index contributed by atoms with van der Waals surface area (Å²) in [7, 11) is 2.09. The molecule has 1 aromatic heterocycles. The number of rotatable bonds is 4. The fraction of sp³-hybridized carbons (Fsp3) is 0.667. The molecule has 3 heteroatoms. The van der Waals surface area contributed by atoms with Crippen molar-refractivity contribution in [2.24, 2.45) is 11.8 Å². The summed E-state index contributed by atoms with van der Waals surface area (Å²) >= 11 is 3.50. The Kier molecular flexibility index (Phi) is 5.19. The second kappa shape index (κ2) is 6.67. The van der Waals surface area contributed by atoms with Gasteiger partial charge in [0.15, 0.2) is 0 Å². The van der Waals surface area contributed by atoms with Gasteiger partial charge in [-0.05, 0) is 65.7 Å². The second-order valence-electron chi connectivity index (χ2n) is 5.64. The molecule has 1 saturated carbocycles. The summed E-state index contributed by atoms with van der Waals surface area (Å²) in [6, 6.07) is 2.77. The molecule has 18 heavy (non-hydrogen) atoms. The molecule has 1 aliphatic rings. The summed E-state index contributed by atoms with van der Waals surface area (Å²) < 4.78 is 1.08. The molecule has 2 nitrogen and oxygen atoms in total. The molecule has 0 aromatic carbocycles. The van der Waals surface area contributed by atoms with Gasteiger partial charge in [-0.25, -0.2) is 0 Å². The second-order valence-corrected chi connectivity index (χ2v) is 6.56. The highest BCUT2D eigenvalue weighted by Crippen LogP contribution is 2.31. The summed E-state index contributed by atoms with van der Waals surface area (Å²) in [6.07, 6.45) is 10.5. The van der Waals surface area contributed by atoms with E-state index in [4.69, 9.17) is 0 Å². The van der Waals surface area contributed by atoms with E-state index >= 15 is 0 Å². The molecule has 0 amide bonds. The number of nitrogens with zero attached hydrogens (tertiary/aromatic N) is 1. The highest BCUT2D eigenvalue weighted by molar-refractivity contribution is 9.10. The lowest BCUT2D eigenvalue weighted by atomic mass is 9.77. The van der Waals surface area contributed by atoms with Gasteiger partial charge in [0.05, 0.1) is 0 Å². The molecule has 0 spiro atoms. The van der Waals surface area contributed by atoms with Gasteiger partial charge >= 0.3 is 0 Å². The Labute approximate surface area is 119 Å². The fourth-order valence-electron chi connectivity index (χ4n) is 3.17. The van der Waals surface area contributed by atoms with Gasteiger partial charge in [0.2, 0.25) is 0 Å². The van der Waals surface area contributed by atoms with Crippen LogP contribution in [-0.2, 0) is 6.42 Å². The van der Waals surface area contributed by atoms with Crippen LogP contribution in [0.2, 0.25) is 0 Å². The van der Waals surface area contributed by atoms with E-state index in [0.29, 0.717) is 6.04 Å². The summed E-state index contributed by atoms with van der Waals surface area (Å²) in [5, 5.41) is 3.52. The van der Waals surface area contributed by atoms with Crippen LogP contribution in [0.5, 0.6) is 0 Å². The molecule has 1 N–H and O–H groups in total. The maximum atomic E-state index is 4.26. The molecule has 0 saturated heterocycles. The van der Waals surface area contributed by atoms with E-state index in [1.807, 2.05) is 12.4 Å². The lowest BCUT2D eigenvalue weighted by Gasteiger charge is -2.33. The van der Waals surface area contributed by atoms with Gasteiger partial charge in [-0.1, -0.05) is 19.8 Å². The van der Waals surface area contributed by atoms with Crippen LogP contribution < -0.4 is 5.32 Å². The topological polar surface area (TPSA) is 24.9 Å². The van der Waals surface area contributed by atoms with E-state index in [-0.39, 0.29) is 0 Å². The van der Waals surface area contributed by atoms with Crippen molar-refractivity contribution in [1.29, 1.82) is 0 Å². The third-order valence-electron chi connectivity index (χ3n) is 4.13. The molecule has 0 aliphatic heterocycles. The van der Waals surface area contributed by atoms with E-state index in [1.165, 1.54) is 31.2 Å². The first kappa shape index (κ1) is 14.0. The van der Waals surface area contributed by atoms with Crippen molar-refractivity contribution in [3.05, 3.63) is 28.5 Å². The predicted molar refractivity (Wildman–Crippen MR) is 79.6 cm³/mol. The molecule has 3 unspecified atom stereocenters. The third kappa shape index (κ3) is 3.79. The zero-order valence-corrected chi connectivity index (χ0v) is 12.9. The number of nitrogens with one attached hydrogen (secondary N) is 1. The molecular formula is C15H23BrN2. The number of hydrogen-bond donors (Lipinski definition) is 1. The number of halogens is 1. The first-order valence-corrected chi connectivity index (χ1v) is 7.75.